The molecule has 0 amide bonds. The van der Waals surface area contributed by atoms with Gasteiger partial charge in [0.15, 0.2) is 17.2 Å². The van der Waals surface area contributed by atoms with Crippen LogP contribution in [0, 0.1) is 3.57 Å². The second-order valence-corrected chi connectivity index (χ2v) is 9.94. The third-order valence-corrected chi connectivity index (χ3v) is 6.76. The number of carbonyl (C=O) groups is 1. The van der Waals surface area contributed by atoms with Crippen molar-refractivity contribution < 1.29 is 19.0 Å². The first-order valence-corrected chi connectivity index (χ1v) is 12.7. The molecule has 0 bridgehead atoms. The molecule has 5 nitrogen and oxygen atoms in total. The van der Waals surface area contributed by atoms with Gasteiger partial charge < -0.3 is 14.2 Å². The topological polar surface area (TPSA) is 57.1 Å². The Labute approximate surface area is 222 Å². The minimum Gasteiger partial charge on any atom is -0.490 e. The van der Waals surface area contributed by atoms with Gasteiger partial charge in [0.2, 0.25) is 5.90 Å². The van der Waals surface area contributed by atoms with E-state index in [1.54, 1.807) is 6.08 Å². The molecule has 8 heteroatoms. The predicted octanol–water partition coefficient (Wildman–Crippen LogP) is 7.14. The Morgan fingerprint density at radius 3 is 2.52 bits per heavy atom. The number of hydrogen-bond acceptors (Lipinski definition) is 5. The van der Waals surface area contributed by atoms with E-state index in [0.29, 0.717) is 35.1 Å². The van der Waals surface area contributed by atoms with Crippen LogP contribution in [0.5, 0.6) is 11.5 Å². The molecular weight excluding hydrogens is 665 g/mol. The highest BCUT2D eigenvalue weighted by Gasteiger charge is 2.24. The van der Waals surface area contributed by atoms with Crippen LogP contribution in [0.2, 0.25) is 0 Å². The van der Waals surface area contributed by atoms with Crippen molar-refractivity contribution in [2.24, 2.45) is 4.99 Å². The number of esters is 1. The first-order chi connectivity index (χ1) is 15.9. The molecule has 0 saturated heterocycles. The predicted molar refractivity (Wildman–Crippen MR) is 144 cm³/mol. The fraction of sp³-hybridized carbons (Fsp3) is 0.120. The number of hydrogen-bond donors (Lipinski definition) is 0. The van der Waals surface area contributed by atoms with Gasteiger partial charge in [-0.3, -0.25) is 0 Å². The van der Waals surface area contributed by atoms with Crippen LogP contribution in [-0.4, -0.2) is 18.5 Å². The molecule has 0 N–H and O–H groups in total. The van der Waals surface area contributed by atoms with Crippen molar-refractivity contribution in [3.05, 3.63) is 95.6 Å². The van der Waals surface area contributed by atoms with E-state index in [2.05, 4.69) is 59.4 Å². The molecular formula is C25H18Br2INO4. The van der Waals surface area contributed by atoms with E-state index in [-0.39, 0.29) is 5.70 Å². The molecule has 0 atom stereocenters. The standard InChI is InChI=1S/C25H18Br2INO4/c1-2-31-22-13-15(11-20(27)23(22)32-14-17-5-3-4-6-19(17)26)12-21-25(30)33-24(29-21)16-7-9-18(28)10-8-16/h3-13H,2,14H2,1H3/b21-12-. The summed E-state index contributed by atoms with van der Waals surface area (Å²) in [6, 6.07) is 19.2. The van der Waals surface area contributed by atoms with Crippen LogP contribution in [-0.2, 0) is 16.1 Å². The first kappa shape index (κ1) is 24.0. The third-order valence-electron chi connectivity index (χ3n) is 4.68. The van der Waals surface area contributed by atoms with Gasteiger partial charge in [0, 0.05) is 19.2 Å². The molecule has 0 fully saturated rings. The molecule has 0 aliphatic carbocycles. The van der Waals surface area contributed by atoms with Crippen molar-refractivity contribution in [3.8, 4) is 11.5 Å². The van der Waals surface area contributed by atoms with Gasteiger partial charge in [-0.2, -0.15) is 0 Å². The van der Waals surface area contributed by atoms with Gasteiger partial charge >= 0.3 is 5.97 Å². The lowest BCUT2D eigenvalue weighted by molar-refractivity contribution is -0.129. The largest absolute Gasteiger partial charge is 0.490 e. The van der Waals surface area contributed by atoms with E-state index in [4.69, 9.17) is 14.2 Å². The highest BCUT2D eigenvalue weighted by atomic mass is 127. The Morgan fingerprint density at radius 1 is 1.03 bits per heavy atom. The summed E-state index contributed by atoms with van der Waals surface area (Å²) in [6.45, 7) is 2.74. The summed E-state index contributed by atoms with van der Waals surface area (Å²) >= 11 is 9.34. The number of benzene rings is 3. The van der Waals surface area contributed by atoms with Crippen molar-refractivity contribution in [1.29, 1.82) is 0 Å². The highest BCUT2D eigenvalue weighted by molar-refractivity contribution is 14.1. The molecule has 0 spiro atoms. The molecule has 1 heterocycles. The average Bonchev–Trinajstić information content (AvgIpc) is 3.15. The van der Waals surface area contributed by atoms with Gasteiger partial charge in [-0.1, -0.05) is 34.1 Å². The molecule has 3 aromatic rings. The van der Waals surface area contributed by atoms with Gasteiger partial charge in [-0.05, 0) is 99.5 Å². The lowest BCUT2D eigenvalue weighted by atomic mass is 10.1. The first-order valence-electron chi connectivity index (χ1n) is 10.1. The molecule has 0 saturated carbocycles. The van der Waals surface area contributed by atoms with E-state index in [0.717, 1.165) is 24.7 Å². The number of aliphatic imine (C=N–C) groups is 1. The Balaban J connectivity index is 1.61. The lowest BCUT2D eigenvalue weighted by Crippen LogP contribution is -2.05. The Kier molecular flexibility index (Phi) is 7.87. The summed E-state index contributed by atoms with van der Waals surface area (Å²) in [5, 5.41) is 0. The lowest BCUT2D eigenvalue weighted by Gasteiger charge is -2.15. The van der Waals surface area contributed by atoms with E-state index >= 15 is 0 Å². The number of cyclic esters (lactones) is 1. The molecule has 0 aromatic heterocycles. The molecule has 33 heavy (non-hydrogen) atoms. The fourth-order valence-corrected chi connectivity index (χ4v) is 4.46. The Morgan fingerprint density at radius 2 is 1.79 bits per heavy atom. The second kappa shape index (κ2) is 10.8. The van der Waals surface area contributed by atoms with Gasteiger partial charge in [0.05, 0.1) is 11.1 Å². The van der Waals surface area contributed by atoms with Crippen LogP contribution in [0.3, 0.4) is 0 Å². The maximum atomic E-state index is 12.4. The van der Waals surface area contributed by atoms with E-state index < -0.39 is 5.97 Å². The summed E-state index contributed by atoms with van der Waals surface area (Å²) in [4.78, 5) is 16.8. The van der Waals surface area contributed by atoms with Crippen molar-refractivity contribution in [2.45, 2.75) is 13.5 Å². The monoisotopic (exact) mass is 681 g/mol. The Bertz CT molecular complexity index is 1260. The van der Waals surface area contributed by atoms with Gasteiger partial charge in [-0.15, -0.1) is 0 Å². The minimum atomic E-state index is -0.494. The van der Waals surface area contributed by atoms with Gasteiger partial charge in [0.25, 0.3) is 0 Å². The summed E-state index contributed by atoms with van der Waals surface area (Å²) in [6.07, 6.45) is 1.67. The normalized spacial score (nSPS) is 14.2. The van der Waals surface area contributed by atoms with Crippen molar-refractivity contribution in [1.82, 2.24) is 0 Å². The van der Waals surface area contributed by atoms with Crippen molar-refractivity contribution in [3.63, 3.8) is 0 Å². The average molecular weight is 683 g/mol. The molecule has 0 unspecified atom stereocenters. The molecule has 1 aliphatic rings. The van der Waals surface area contributed by atoms with E-state index in [9.17, 15) is 4.79 Å². The van der Waals surface area contributed by atoms with Gasteiger partial charge in [0.1, 0.15) is 6.61 Å². The van der Waals surface area contributed by atoms with Crippen LogP contribution in [0.25, 0.3) is 6.08 Å². The maximum Gasteiger partial charge on any atom is 0.363 e. The van der Waals surface area contributed by atoms with Gasteiger partial charge in [-0.25, -0.2) is 9.79 Å². The maximum absolute atomic E-state index is 12.4. The van der Waals surface area contributed by atoms with Crippen LogP contribution >= 0.6 is 54.5 Å². The molecule has 1 aliphatic heterocycles. The number of rotatable bonds is 7. The van der Waals surface area contributed by atoms with E-state index in [1.165, 1.54) is 0 Å². The van der Waals surface area contributed by atoms with E-state index in [1.807, 2.05) is 67.6 Å². The van der Waals surface area contributed by atoms with Crippen molar-refractivity contribution in [2.75, 3.05) is 6.61 Å². The smallest absolute Gasteiger partial charge is 0.363 e. The molecule has 0 radical (unpaired) electrons. The molecule has 168 valence electrons. The minimum absolute atomic E-state index is 0.222. The highest BCUT2D eigenvalue weighted by Crippen LogP contribution is 2.38. The van der Waals surface area contributed by atoms with Crippen LogP contribution in [0.4, 0.5) is 0 Å². The summed E-state index contributed by atoms with van der Waals surface area (Å²) < 4.78 is 20.0. The van der Waals surface area contributed by atoms with Crippen LogP contribution in [0.15, 0.2) is 80.3 Å². The fourth-order valence-electron chi connectivity index (χ4n) is 3.12. The Hall–Kier alpha value is -2.17. The van der Waals surface area contributed by atoms with Crippen LogP contribution in [0.1, 0.15) is 23.6 Å². The molecule has 4 rings (SSSR count). The number of nitrogens with zero attached hydrogens (tertiary/aromatic N) is 1. The SMILES string of the molecule is CCOc1cc(/C=C2\N=C(c3ccc(I)cc3)OC2=O)cc(Br)c1OCc1ccccc1Br. The molecule has 3 aromatic carbocycles. The van der Waals surface area contributed by atoms with Crippen molar-refractivity contribution >= 4 is 72.4 Å². The quantitative estimate of drug-likeness (QED) is 0.151. The summed E-state index contributed by atoms with van der Waals surface area (Å²) in [5.74, 6) is 0.956. The number of ether oxygens (including phenoxy) is 3. The summed E-state index contributed by atoms with van der Waals surface area (Å²) in [7, 11) is 0. The zero-order valence-corrected chi connectivity index (χ0v) is 22.8. The number of halogens is 3. The zero-order chi connectivity index (χ0) is 23.4. The second-order valence-electron chi connectivity index (χ2n) is 6.99. The number of carbonyl (C=O) groups excluding carboxylic acids is 1. The summed E-state index contributed by atoms with van der Waals surface area (Å²) in [5.41, 5.74) is 2.72. The third kappa shape index (κ3) is 5.85. The zero-order valence-electron chi connectivity index (χ0n) is 17.5. The van der Waals surface area contributed by atoms with Crippen LogP contribution < -0.4 is 9.47 Å².